The summed E-state index contributed by atoms with van der Waals surface area (Å²) in [5, 5.41) is 13.5. The van der Waals surface area contributed by atoms with E-state index in [0.717, 1.165) is 28.8 Å². The molecule has 3 N–H and O–H groups in total. The average Bonchev–Trinajstić information content (AvgIpc) is 3.48. The highest BCUT2D eigenvalue weighted by Crippen LogP contribution is 2.39. The van der Waals surface area contributed by atoms with E-state index in [0.29, 0.717) is 22.9 Å². The van der Waals surface area contributed by atoms with Gasteiger partial charge in [-0.25, -0.2) is 9.97 Å². The van der Waals surface area contributed by atoms with Crippen LogP contribution in [-0.4, -0.2) is 61.2 Å². The van der Waals surface area contributed by atoms with Crippen molar-refractivity contribution in [1.82, 2.24) is 14.7 Å². The fraction of sp³-hybridized carbons (Fsp3) is 0.444. The molecular formula is C27H32N4O6S2. The van der Waals surface area contributed by atoms with Gasteiger partial charge in [0.1, 0.15) is 24.4 Å². The highest BCUT2D eigenvalue weighted by molar-refractivity contribution is 7.84. The standard InChI is InChI=1S/C27H32N4O6S2/c1-4-16-5-6-17-7-8-36-26(20(17)9-16)19-12-24(38-15(19)2)25(33)21-13-29-14-30-27(21)31-18-10-22(32)23(11-18)37-39(34,35)28-3/h5-6,9,12-14,18,22-23,26,28,32H,4,7-8,10-11H2,1-3H3,(H,29,30,31)/t18-,22+,23-,26-/m1/s1. The summed E-state index contributed by atoms with van der Waals surface area (Å²) in [6.45, 7) is 4.75. The monoisotopic (exact) mass is 572 g/mol. The number of thiophene rings is 1. The highest BCUT2D eigenvalue weighted by Gasteiger charge is 2.37. The van der Waals surface area contributed by atoms with Crippen LogP contribution in [0.5, 0.6) is 0 Å². The molecule has 3 heterocycles. The number of benzene rings is 1. The summed E-state index contributed by atoms with van der Waals surface area (Å²) in [4.78, 5) is 23.6. The molecule has 12 heteroatoms. The fourth-order valence-corrected chi connectivity index (χ4v) is 6.81. The molecule has 2 aromatic heterocycles. The van der Waals surface area contributed by atoms with Crippen LogP contribution in [0.4, 0.5) is 5.82 Å². The molecule has 4 atom stereocenters. The van der Waals surface area contributed by atoms with E-state index >= 15 is 0 Å². The SMILES string of the molecule is CCc1ccc2c(c1)[C@@H](c1cc(C(=O)c3cncnc3N[C@@H]3C[C@H](O)[C@H](OS(=O)(=O)NC)C3)sc1C)OCC2. The average molecular weight is 573 g/mol. The van der Waals surface area contributed by atoms with Gasteiger partial charge in [-0.15, -0.1) is 11.3 Å². The normalized spacial score (nSPS) is 23.0. The summed E-state index contributed by atoms with van der Waals surface area (Å²) in [6.07, 6.45) is 2.95. The minimum Gasteiger partial charge on any atom is -0.390 e. The van der Waals surface area contributed by atoms with Crippen LogP contribution >= 0.6 is 11.3 Å². The summed E-state index contributed by atoms with van der Waals surface area (Å²) in [5.41, 5.74) is 4.95. The molecule has 1 fully saturated rings. The Balaban J connectivity index is 1.37. The van der Waals surface area contributed by atoms with Crippen molar-refractivity contribution in [2.45, 2.75) is 63.9 Å². The molecule has 0 saturated heterocycles. The Kier molecular flexibility index (Phi) is 8.13. The summed E-state index contributed by atoms with van der Waals surface area (Å²) < 4.78 is 36.9. The van der Waals surface area contributed by atoms with Crippen LogP contribution in [0.15, 0.2) is 36.8 Å². The molecule has 0 spiro atoms. The highest BCUT2D eigenvalue weighted by atomic mass is 32.2. The van der Waals surface area contributed by atoms with E-state index in [2.05, 4.69) is 45.1 Å². The van der Waals surface area contributed by atoms with E-state index in [9.17, 15) is 18.3 Å². The van der Waals surface area contributed by atoms with E-state index in [1.165, 1.54) is 42.0 Å². The van der Waals surface area contributed by atoms with Crippen LogP contribution in [0.2, 0.25) is 0 Å². The molecule has 1 aromatic carbocycles. The number of aliphatic hydroxyl groups excluding tert-OH is 1. The van der Waals surface area contributed by atoms with Crippen LogP contribution in [0.25, 0.3) is 0 Å². The second kappa shape index (κ2) is 11.4. The van der Waals surface area contributed by atoms with Crippen molar-refractivity contribution in [3.05, 3.63) is 74.4 Å². The minimum atomic E-state index is -3.95. The number of hydrogen-bond donors (Lipinski definition) is 3. The molecule has 1 aliphatic carbocycles. The third-order valence-electron chi connectivity index (χ3n) is 7.29. The number of nitrogens with one attached hydrogen (secondary N) is 2. The van der Waals surface area contributed by atoms with E-state index in [1.807, 2.05) is 13.0 Å². The minimum absolute atomic E-state index is 0.222. The van der Waals surface area contributed by atoms with E-state index in [-0.39, 0.29) is 30.8 Å². The van der Waals surface area contributed by atoms with Gasteiger partial charge in [-0.3, -0.25) is 8.98 Å². The maximum absolute atomic E-state index is 13.7. The first-order valence-corrected chi connectivity index (χ1v) is 15.2. The maximum Gasteiger partial charge on any atom is 0.335 e. The molecule has 208 valence electrons. The number of fused-ring (bicyclic) bond motifs is 1. The lowest BCUT2D eigenvalue weighted by Gasteiger charge is -2.27. The number of anilines is 1. The van der Waals surface area contributed by atoms with Crippen LogP contribution in [-0.2, 0) is 32.1 Å². The lowest BCUT2D eigenvalue weighted by molar-refractivity contribution is 0.0636. The van der Waals surface area contributed by atoms with Crippen LogP contribution in [0.1, 0.15) is 68.2 Å². The number of aromatic nitrogens is 2. The first kappa shape index (κ1) is 27.8. The number of hydrogen-bond acceptors (Lipinski definition) is 10. The number of ketones is 1. The van der Waals surface area contributed by atoms with Crippen molar-refractivity contribution < 1.29 is 27.2 Å². The van der Waals surface area contributed by atoms with Gasteiger partial charge in [0, 0.05) is 24.2 Å². The molecule has 2 aliphatic rings. The quantitative estimate of drug-likeness (QED) is 0.330. The van der Waals surface area contributed by atoms with Gasteiger partial charge in [0.25, 0.3) is 0 Å². The smallest absolute Gasteiger partial charge is 0.335 e. The Morgan fingerprint density at radius 3 is 2.85 bits per heavy atom. The predicted molar refractivity (Wildman–Crippen MR) is 147 cm³/mol. The first-order valence-electron chi connectivity index (χ1n) is 12.9. The molecule has 1 saturated carbocycles. The van der Waals surface area contributed by atoms with Crippen LogP contribution in [0, 0.1) is 6.92 Å². The molecule has 0 unspecified atom stereocenters. The number of carbonyl (C=O) groups excluding carboxylic acids is 1. The maximum atomic E-state index is 13.7. The largest absolute Gasteiger partial charge is 0.390 e. The van der Waals surface area contributed by atoms with Crippen molar-refractivity contribution in [3.8, 4) is 0 Å². The van der Waals surface area contributed by atoms with Gasteiger partial charge < -0.3 is 15.2 Å². The van der Waals surface area contributed by atoms with Gasteiger partial charge in [-0.2, -0.15) is 13.1 Å². The molecule has 10 nitrogen and oxygen atoms in total. The third-order valence-corrected chi connectivity index (χ3v) is 9.35. The van der Waals surface area contributed by atoms with Gasteiger partial charge in [-0.05, 0) is 60.9 Å². The second-order valence-electron chi connectivity index (χ2n) is 9.80. The first-order chi connectivity index (χ1) is 18.7. The zero-order chi connectivity index (χ0) is 27.7. The zero-order valence-electron chi connectivity index (χ0n) is 22.0. The number of ether oxygens (including phenoxy) is 1. The van der Waals surface area contributed by atoms with Gasteiger partial charge in [0.05, 0.1) is 23.2 Å². The van der Waals surface area contributed by atoms with Crippen molar-refractivity contribution in [3.63, 3.8) is 0 Å². The molecule has 39 heavy (non-hydrogen) atoms. The van der Waals surface area contributed by atoms with Gasteiger partial charge in [0.2, 0.25) is 5.78 Å². The topological polar surface area (TPSA) is 140 Å². The van der Waals surface area contributed by atoms with Crippen molar-refractivity contribution in [2.24, 2.45) is 0 Å². The lowest BCUT2D eigenvalue weighted by Crippen LogP contribution is -2.31. The van der Waals surface area contributed by atoms with Crippen LogP contribution < -0.4 is 10.0 Å². The number of aryl methyl sites for hydroxylation is 2. The molecule has 0 bridgehead atoms. The second-order valence-corrected chi connectivity index (χ2v) is 12.6. The summed E-state index contributed by atoms with van der Waals surface area (Å²) in [7, 11) is -2.71. The summed E-state index contributed by atoms with van der Waals surface area (Å²) in [6, 6.07) is 8.11. The lowest BCUT2D eigenvalue weighted by atomic mass is 9.91. The van der Waals surface area contributed by atoms with Crippen molar-refractivity contribution in [2.75, 3.05) is 19.0 Å². The van der Waals surface area contributed by atoms with E-state index in [4.69, 9.17) is 8.92 Å². The van der Waals surface area contributed by atoms with Crippen molar-refractivity contribution >= 4 is 33.2 Å². The number of rotatable bonds is 9. The Morgan fingerprint density at radius 2 is 2.08 bits per heavy atom. The Bertz CT molecular complexity index is 1470. The summed E-state index contributed by atoms with van der Waals surface area (Å²) >= 11 is 1.41. The van der Waals surface area contributed by atoms with Gasteiger partial charge in [-0.1, -0.05) is 25.1 Å². The van der Waals surface area contributed by atoms with E-state index < -0.39 is 22.5 Å². The summed E-state index contributed by atoms with van der Waals surface area (Å²) in [5.74, 6) is 0.101. The molecule has 3 aromatic rings. The van der Waals surface area contributed by atoms with Gasteiger partial charge in [0.15, 0.2) is 0 Å². The zero-order valence-corrected chi connectivity index (χ0v) is 23.6. The molecular weight excluding hydrogens is 540 g/mol. The molecule has 5 rings (SSSR count). The number of carbonyl (C=O) groups is 1. The molecule has 0 radical (unpaired) electrons. The fourth-order valence-electron chi connectivity index (χ4n) is 5.18. The Hall–Kier alpha value is -2.74. The Labute approximate surface area is 232 Å². The Morgan fingerprint density at radius 1 is 1.26 bits per heavy atom. The third kappa shape index (κ3) is 5.91. The number of aliphatic hydroxyl groups is 1. The van der Waals surface area contributed by atoms with E-state index in [1.54, 1.807) is 0 Å². The van der Waals surface area contributed by atoms with Crippen LogP contribution in [0.3, 0.4) is 0 Å². The molecule has 1 aliphatic heterocycles. The molecule has 0 amide bonds. The predicted octanol–water partition coefficient (Wildman–Crippen LogP) is 3.09. The number of nitrogens with zero attached hydrogens (tertiary/aromatic N) is 2. The van der Waals surface area contributed by atoms with Crippen molar-refractivity contribution in [1.29, 1.82) is 0 Å². The van der Waals surface area contributed by atoms with Gasteiger partial charge >= 0.3 is 10.3 Å².